The van der Waals surface area contributed by atoms with E-state index < -0.39 is 5.60 Å². The lowest BCUT2D eigenvalue weighted by Crippen LogP contribution is -2.39. The zero-order chi connectivity index (χ0) is 12.0. The standard InChI is InChI=1S/C14H29NO/c1-12(2)11-15-10-9-14(3,16)13-7-5-4-6-8-13/h12-13,15-16H,4-11H2,1-3H3. The minimum absolute atomic E-state index is 0.454. The first-order chi connectivity index (χ1) is 7.52. The molecule has 1 aliphatic carbocycles. The van der Waals surface area contributed by atoms with Crippen molar-refractivity contribution in [3.63, 3.8) is 0 Å². The van der Waals surface area contributed by atoms with Gasteiger partial charge in [0.15, 0.2) is 0 Å². The van der Waals surface area contributed by atoms with Crippen LogP contribution in [0.3, 0.4) is 0 Å². The van der Waals surface area contributed by atoms with Gasteiger partial charge in [-0.05, 0) is 51.1 Å². The van der Waals surface area contributed by atoms with Crippen molar-refractivity contribution in [3.8, 4) is 0 Å². The van der Waals surface area contributed by atoms with Gasteiger partial charge in [0.2, 0.25) is 0 Å². The van der Waals surface area contributed by atoms with Crippen molar-refractivity contribution < 1.29 is 5.11 Å². The van der Waals surface area contributed by atoms with Crippen molar-refractivity contribution in [2.45, 2.75) is 64.9 Å². The van der Waals surface area contributed by atoms with Crippen LogP contribution in [0.2, 0.25) is 0 Å². The van der Waals surface area contributed by atoms with E-state index >= 15 is 0 Å². The summed E-state index contributed by atoms with van der Waals surface area (Å²) in [6.07, 6.45) is 7.30. The summed E-state index contributed by atoms with van der Waals surface area (Å²) in [6.45, 7) is 8.46. The molecule has 1 aliphatic rings. The smallest absolute Gasteiger partial charge is 0.0659 e. The van der Waals surface area contributed by atoms with Crippen LogP contribution in [0.15, 0.2) is 0 Å². The number of hydrogen-bond donors (Lipinski definition) is 2. The third kappa shape index (κ3) is 4.84. The second-order valence-corrected chi connectivity index (χ2v) is 6.04. The summed E-state index contributed by atoms with van der Waals surface area (Å²) in [5.74, 6) is 1.22. The summed E-state index contributed by atoms with van der Waals surface area (Å²) in [4.78, 5) is 0. The highest BCUT2D eigenvalue weighted by Gasteiger charge is 2.31. The van der Waals surface area contributed by atoms with E-state index in [-0.39, 0.29) is 0 Å². The Balaban J connectivity index is 2.21. The van der Waals surface area contributed by atoms with Gasteiger partial charge in [-0.15, -0.1) is 0 Å². The largest absolute Gasteiger partial charge is 0.390 e. The first kappa shape index (κ1) is 14.0. The Morgan fingerprint density at radius 2 is 1.88 bits per heavy atom. The third-order valence-electron chi connectivity index (χ3n) is 3.85. The van der Waals surface area contributed by atoms with Crippen LogP contribution >= 0.6 is 0 Å². The van der Waals surface area contributed by atoms with E-state index in [9.17, 15) is 5.11 Å². The minimum atomic E-state index is -0.454. The Morgan fingerprint density at radius 3 is 2.44 bits per heavy atom. The molecule has 0 spiro atoms. The number of hydrogen-bond acceptors (Lipinski definition) is 2. The fourth-order valence-corrected chi connectivity index (χ4v) is 2.66. The first-order valence-electron chi connectivity index (χ1n) is 6.95. The average molecular weight is 227 g/mol. The molecule has 0 aromatic carbocycles. The van der Waals surface area contributed by atoms with E-state index in [0.717, 1.165) is 19.5 Å². The predicted molar refractivity (Wildman–Crippen MR) is 69.5 cm³/mol. The number of rotatable bonds is 6. The zero-order valence-corrected chi connectivity index (χ0v) is 11.3. The van der Waals surface area contributed by atoms with Crippen molar-refractivity contribution in [3.05, 3.63) is 0 Å². The maximum absolute atomic E-state index is 10.5. The Hall–Kier alpha value is -0.0800. The number of nitrogens with one attached hydrogen (secondary N) is 1. The Bertz CT molecular complexity index is 183. The molecule has 0 heterocycles. The molecule has 0 aromatic heterocycles. The first-order valence-corrected chi connectivity index (χ1v) is 6.95. The Kier molecular flexibility index (Phi) is 5.77. The molecule has 96 valence electrons. The van der Waals surface area contributed by atoms with Gasteiger partial charge in [0.25, 0.3) is 0 Å². The third-order valence-corrected chi connectivity index (χ3v) is 3.85. The highest BCUT2D eigenvalue weighted by molar-refractivity contribution is 4.84. The molecule has 1 fully saturated rings. The minimum Gasteiger partial charge on any atom is -0.390 e. The van der Waals surface area contributed by atoms with E-state index in [4.69, 9.17) is 0 Å². The molecular weight excluding hydrogens is 198 g/mol. The molecule has 0 amide bonds. The molecule has 1 rings (SSSR count). The highest BCUT2D eigenvalue weighted by Crippen LogP contribution is 2.34. The SMILES string of the molecule is CC(C)CNCCC(C)(O)C1CCCCC1. The van der Waals surface area contributed by atoms with Crippen molar-refractivity contribution in [2.24, 2.45) is 11.8 Å². The second-order valence-electron chi connectivity index (χ2n) is 6.04. The summed E-state index contributed by atoms with van der Waals surface area (Å²) >= 11 is 0. The lowest BCUT2D eigenvalue weighted by Gasteiger charge is -2.35. The molecule has 1 unspecified atom stereocenters. The molecule has 1 saturated carbocycles. The van der Waals surface area contributed by atoms with Crippen LogP contribution in [0.5, 0.6) is 0 Å². The van der Waals surface area contributed by atoms with Crippen LogP contribution in [0, 0.1) is 11.8 Å². The zero-order valence-electron chi connectivity index (χ0n) is 11.3. The summed E-state index contributed by atoms with van der Waals surface area (Å²) < 4.78 is 0. The summed E-state index contributed by atoms with van der Waals surface area (Å²) in [5.41, 5.74) is -0.454. The molecule has 1 atom stereocenters. The molecule has 0 saturated heterocycles. The maximum atomic E-state index is 10.5. The van der Waals surface area contributed by atoms with Gasteiger partial charge >= 0.3 is 0 Å². The van der Waals surface area contributed by atoms with Gasteiger partial charge in [-0.25, -0.2) is 0 Å². The van der Waals surface area contributed by atoms with Crippen LogP contribution < -0.4 is 5.32 Å². The molecule has 16 heavy (non-hydrogen) atoms. The van der Waals surface area contributed by atoms with Gasteiger partial charge in [0.1, 0.15) is 0 Å². The van der Waals surface area contributed by atoms with Gasteiger partial charge < -0.3 is 10.4 Å². The van der Waals surface area contributed by atoms with Crippen molar-refractivity contribution in [2.75, 3.05) is 13.1 Å². The Morgan fingerprint density at radius 1 is 1.25 bits per heavy atom. The average Bonchev–Trinajstić information content (AvgIpc) is 2.26. The van der Waals surface area contributed by atoms with Crippen LogP contribution in [0.25, 0.3) is 0 Å². The molecule has 2 nitrogen and oxygen atoms in total. The van der Waals surface area contributed by atoms with Gasteiger partial charge in [0, 0.05) is 0 Å². The van der Waals surface area contributed by atoms with Gasteiger partial charge in [-0.3, -0.25) is 0 Å². The summed E-state index contributed by atoms with van der Waals surface area (Å²) in [7, 11) is 0. The van der Waals surface area contributed by atoms with Gasteiger partial charge in [-0.2, -0.15) is 0 Å². The van der Waals surface area contributed by atoms with E-state index in [1.165, 1.54) is 32.1 Å². The van der Waals surface area contributed by atoms with Crippen LogP contribution in [0.1, 0.15) is 59.3 Å². The Labute approximate surface area is 101 Å². The van der Waals surface area contributed by atoms with Crippen LogP contribution in [-0.2, 0) is 0 Å². The maximum Gasteiger partial charge on any atom is 0.0659 e. The molecule has 2 heteroatoms. The molecule has 0 radical (unpaired) electrons. The predicted octanol–water partition coefficient (Wildman–Crippen LogP) is 2.95. The normalized spacial score (nSPS) is 22.3. The van der Waals surface area contributed by atoms with Crippen LogP contribution in [0.4, 0.5) is 0 Å². The summed E-state index contributed by atoms with van der Waals surface area (Å²) in [6, 6.07) is 0. The number of aliphatic hydroxyl groups is 1. The lowest BCUT2D eigenvalue weighted by molar-refractivity contribution is -0.0230. The van der Waals surface area contributed by atoms with Crippen molar-refractivity contribution in [1.29, 1.82) is 0 Å². The van der Waals surface area contributed by atoms with E-state index in [0.29, 0.717) is 11.8 Å². The topological polar surface area (TPSA) is 32.3 Å². The lowest BCUT2D eigenvalue weighted by atomic mass is 9.76. The second kappa shape index (κ2) is 6.61. The quantitative estimate of drug-likeness (QED) is 0.684. The fraction of sp³-hybridized carbons (Fsp3) is 1.00. The van der Waals surface area contributed by atoms with E-state index in [1.807, 2.05) is 6.92 Å². The van der Waals surface area contributed by atoms with Crippen LogP contribution in [-0.4, -0.2) is 23.8 Å². The molecule has 0 bridgehead atoms. The monoisotopic (exact) mass is 227 g/mol. The van der Waals surface area contributed by atoms with Gasteiger partial charge in [-0.1, -0.05) is 33.1 Å². The highest BCUT2D eigenvalue weighted by atomic mass is 16.3. The molecule has 0 aromatic rings. The van der Waals surface area contributed by atoms with Gasteiger partial charge in [0.05, 0.1) is 5.60 Å². The fourth-order valence-electron chi connectivity index (χ4n) is 2.66. The van der Waals surface area contributed by atoms with E-state index in [2.05, 4.69) is 19.2 Å². The van der Waals surface area contributed by atoms with E-state index in [1.54, 1.807) is 0 Å². The molecule has 0 aliphatic heterocycles. The molecule has 2 N–H and O–H groups in total. The van der Waals surface area contributed by atoms with Crippen molar-refractivity contribution in [1.82, 2.24) is 5.32 Å². The molecular formula is C14H29NO. The van der Waals surface area contributed by atoms with Crippen molar-refractivity contribution >= 4 is 0 Å². The summed E-state index contributed by atoms with van der Waals surface area (Å²) in [5, 5.41) is 13.9.